The van der Waals surface area contributed by atoms with Crippen LogP contribution in [0.2, 0.25) is 5.02 Å². The molecule has 0 aliphatic heterocycles. The third-order valence-electron chi connectivity index (χ3n) is 5.77. The maximum atomic E-state index is 13.8. The van der Waals surface area contributed by atoms with Gasteiger partial charge in [-0.05, 0) is 72.1 Å². The van der Waals surface area contributed by atoms with E-state index in [0.717, 1.165) is 0 Å². The summed E-state index contributed by atoms with van der Waals surface area (Å²) in [5, 5.41) is 16.0. The number of aromatic nitrogens is 2. The van der Waals surface area contributed by atoms with Crippen molar-refractivity contribution < 1.29 is 14.7 Å². The maximum Gasteiger partial charge on any atom is 0.408 e. The number of nitrogens with one attached hydrogen (secondary N) is 2. The molecular weight excluding hydrogens is 496 g/mol. The Kier molecular flexibility index (Phi) is 8.45. The highest BCUT2D eigenvalue weighted by Gasteiger charge is 2.34. The lowest BCUT2D eigenvalue weighted by Gasteiger charge is -2.38. The van der Waals surface area contributed by atoms with Gasteiger partial charge in [0.1, 0.15) is 5.82 Å². The van der Waals surface area contributed by atoms with Crippen molar-refractivity contribution in [2.24, 2.45) is 0 Å². The highest BCUT2D eigenvalue weighted by molar-refractivity contribution is 6.35. The first-order chi connectivity index (χ1) is 17.3. The van der Waals surface area contributed by atoms with Crippen LogP contribution in [-0.4, -0.2) is 69.3 Å². The number of fused-ring (bicyclic) bond motifs is 1. The monoisotopic (exact) mass is 528 g/mol. The van der Waals surface area contributed by atoms with Crippen molar-refractivity contribution in [2.75, 3.05) is 32.5 Å². The van der Waals surface area contributed by atoms with Crippen LogP contribution in [0.25, 0.3) is 16.6 Å². The maximum absolute atomic E-state index is 13.8. The number of rotatable bonds is 7. The largest absolute Gasteiger partial charge is 0.465 e. The van der Waals surface area contributed by atoms with Crippen LogP contribution in [0.5, 0.6) is 0 Å². The van der Waals surface area contributed by atoms with Gasteiger partial charge in [0.15, 0.2) is 0 Å². The molecule has 198 valence electrons. The molecule has 0 fully saturated rings. The molecule has 3 amide bonds. The van der Waals surface area contributed by atoms with Gasteiger partial charge in [-0.15, -0.1) is 0 Å². The Labute approximate surface area is 220 Å². The Bertz CT molecular complexity index is 1370. The van der Waals surface area contributed by atoms with Gasteiger partial charge in [-0.25, -0.2) is 14.6 Å². The molecule has 0 saturated heterocycles. The molecule has 0 spiro atoms. The molecule has 2 aromatic carbocycles. The third kappa shape index (κ3) is 6.39. The fourth-order valence-corrected chi connectivity index (χ4v) is 4.43. The minimum Gasteiger partial charge on any atom is -0.465 e. The number of amides is 3. The number of benzene rings is 2. The molecule has 37 heavy (non-hydrogen) atoms. The zero-order chi connectivity index (χ0) is 27.5. The number of nitrogens with zero attached hydrogens (tertiary/aromatic N) is 4. The predicted molar refractivity (Wildman–Crippen MR) is 146 cm³/mol. The van der Waals surface area contributed by atoms with E-state index in [0.29, 0.717) is 30.0 Å². The molecule has 3 rings (SSSR count). The van der Waals surface area contributed by atoms with E-state index in [-0.39, 0.29) is 22.3 Å². The quantitative estimate of drug-likeness (QED) is 0.413. The lowest BCUT2D eigenvalue weighted by molar-refractivity contribution is 0.0719. The molecule has 0 aliphatic carbocycles. The van der Waals surface area contributed by atoms with E-state index in [1.165, 1.54) is 9.47 Å². The lowest BCUT2D eigenvalue weighted by Crippen LogP contribution is -2.47. The number of anilines is 1. The topological polar surface area (TPSA) is 120 Å². The van der Waals surface area contributed by atoms with E-state index >= 15 is 0 Å². The Balaban J connectivity index is 2.15. The van der Waals surface area contributed by atoms with Gasteiger partial charge in [0.05, 0.1) is 27.7 Å². The van der Waals surface area contributed by atoms with Crippen LogP contribution in [0.1, 0.15) is 39.6 Å². The van der Waals surface area contributed by atoms with Gasteiger partial charge >= 0.3 is 12.1 Å². The number of carbonyl (C=O) groups excluding carboxylic acids is 1. The average molecular weight is 529 g/mol. The third-order valence-corrected chi connectivity index (χ3v) is 6.08. The van der Waals surface area contributed by atoms with Crippen molar-refractivity contribution in [3.8, 4) is 5.69 Å². The first kappa shape index (κ1) is 27.9. The number of urea groups is 1. The number of carbonyl (C=O) groups is 2. The second-order valence-corrected chi connectivity index (χ2v) is 10.4. The van der Waals surface area contributed by atoms with Gasteiger partial charge in [-0.3, -0.25) is 14.3 Å². The molecule has 3 N–H and O–H groups in total. The Hall–Kier alpha value is -3.63. The molecule has 0 radical (unpaired) electrons. The zero-order valence-corrected chi connectivity index (χ0v) is 22.6. The summed E-state index contributed by atoms with van der Waals surface area (Å²) >= 11 is 6.38. The molecule has 1 atom stereocenters. The highest BCUT2D eigenvalue weighted by Crippen LogP contribution is 2.30. The van der Waals surface area contributed by atoms with Gasteiger partial charge in [-0.1, -0.05) is 23.7 Å². The number of carboxylic acid groups (broad SMARTS) is 1. The summed E-state index contributed by atoms with van der Waals surface area (Å²) in [6.07, 6.45) is -1.14. The standard InChI is InChI=1S/C26H33ClN6O4/c1-16(33(25(36)37)26(2,3)4)22-30-20-12-8-11-19(27)21(20)23(34)32(22)18-10-7-9-17(15-18)29-24(35)28-13-14-31(5)6/h7-12,15-16H,13-14H2,1-6H3,(H,36,37)(H2,28,29,35)/t16-/m0/s1. The molecule has 0 unspecified atom stereocenters. The highest BCUT2D eigenvalue weighted by atomic mass is 35.5. The smallest absolute Gasteiger partial charge is 0.408 e. The normalized spacial score (nSPS) is 12.4. The van der Waals surface area contributed by atoms with Crippen LogP contribution in [0.15, 0.2) is 47.3 Å². The fraction of sp³-hybridized carbons (Fsp3) is 0.385. The van der Waals surface area contributed by atoms with Crippen molar-refractivity contribution in [3.05, 3.63) is 63.7 Å². The van der Waals surface area contributed by atoms with Gasteiger partial charge in [0.25, 0.3) is 5.56 Å². The van der Waals surface area contributed by atoms with Gasteiger partial charge in [0.2, 0.25) is 0 Å². The van der Waals surface area contributed by atoms with Crippen LogP contribution < -0.4 is 16.2 Å². The van der Waals surface area contributed by atoms with Gasteiger partial charge < -0.3 is 20.6 Å². The molecule has 11 heteroatoms. The van der Waals surface area contributed by atoms with Crippen molar-refractivity contribution in [1.29, 1.82) is 0 Å². The number of likely N-dealkylation sites (N-methyl/N-ethyl adjacent to an activating group) is 1. The summed E-state index contributed by atoms with van der Waals surface area (Å²) in [6, 6.07) is 10.5. The first-order valence-electron chi connectivity index (χ1n) is 11.8. The second-order valence-electron chi connectivity index (χ2n) is 9.98. The van der Waals surface area contributed by atoms with Crippen LogP contribution in [0.4, 0.5) is 15.3 Å². The summed E-state index contributed by atoms with van der Waals surface area (Å²) in [4.78, 5) is 46.3. The summed E-state index contributed by atoms with van der Waals surface area (Å²) in [7, 11) is 3.82. The fourth-order valence-electron chi connectivity index (χ4n) is 4.18. The van der Waals surface area contributed by atoms with E-state index < -0.39 is 23.2 Å². The van der Waals surface area contributed by atoms with Crippen LogP contribution in [-0.2, 0) is 0 Å². The number of hydrogen-bond acceptors (Lipinski definition) is 5. The average Bonchev–Trinajstić information content (AvgIpc) is 2.77. The van der Waals surface area contributed by atoms with Gasteiger partial charge in [0, 0.05) is 24.3 Å². The summed E-state index contributed by atoms with van der Waals surface area (Å²) in [5.74, 6) is 0.227. The SMILES string of the molecule is C[C@@H](c1nc2cccc(Cl)c2c(=O)n1-c1cccc(NC(=O)NCCN(C)C)c1)N(C(=O)O)C(C)(C)C. The first-order valence-corrected chi connectivity index (χ1v) is 12.2. The van der Waals surface area contributed by atoms with Crippen molar-refractivity contribution in [3.63, 3.8) is 0 Å². The number of hydrogen-bond donors (Lipinski definition) is 3. The van der Waals surface area contributed by atoms with E-state index in [4.69, 9.17) is 16.6 Å². The molecule has 0 saturated carbocycles. The zero-order valence-electron chi connectivity index (χ0n) is 21.9. The summed E-state index contributed by atoms with van der Waals surface area (Å²) in [5.41, 5.74) is 0.0150. The lowest BCUT2D eigenvalue weighted by atomic mass is 10.0. The summed E-state index contributed by atoms with van der Waals surface area (Å²) in [6.45, 7) is 8.16. The molecule has 1 heterocycles. The molecular formula is C26H33ClN6O4. The summed E-state index contributed by atoms with van der Waals surface area (Å²) < 4.78 is 1.36. The number of halogens is 1. The Morgan fingerprint density at radius 1 is 1.16 bits per heavy atom. The van der Waals surface area contributed by atoms with E-state index in [1.54, 1.807) is 70.2 Å². The molecule has 10 nitrogen and oxygen atoms in total. The van der Waals surface area contributed by atoms with Gasteiger partial charge in [-0.2, -0.15) is 0 Å². The minimum absolute atomic E-state index is 0.220. The van der Waals surface area contributed by atoms with Crippen LogP contribution in [0.3, 0.4) is 0 Å². The van der Waals surface area contributed by atoms with E-state index in [2.05, 4.69) is 10.6 Å². The van der Waals surface area contributed by atoms with Crippen molar-refractivity contribution in [1.82, 2.24) is 24.7 Å². The molecule has 1 aromatic heterocycles. The minimum atomic E-state index is -1.14. The van der Waals surface area contributed by atoms with E-state index in [1.807, 2.05) is 19.0 Å². The molecule has 0 bridgehead atoms. The van der Waals surface area contributed by atoms with Crippen molar-refractivity contribution >= 4 is 40.3 Å². The molecule has 0 aliphatic rings. The predicted octanol–water partition coefficient (Wildman–Crippen LogP) is 4.56. The Morgan fingerprint density at radius 3 is 2.46 bits per heavy atom. The second kappa shape index (κ2) is 11.2. The Morgan fingerprint density at radius 2 is 1.84 bits per heavy atom. The van der Waals surface area contributed by atoms with Crippen LogP contribution >= 0.6 is 11.6 Å². The van der Waals surface area contributed by atoms with Crippen LogP contribution in [0, 0.1) is 0 Å². The molecule has 3 aromatic rings. The van der Waals surface area contributed by atoms with Crippen molar-refractivity contribution in [2.45, 2.75) is 39.3 Å². The van der Waals surface area contributed by atoms with E-state index in [9.17, 15) is 19.5 Å².